The predicted molar refractivity (Wildman–Crippen MR) is 85.6 cm³/mol. The summed E-state index contributed by atoms with van der Waals surface area (Å²) in [4.78, 5) is 13.0. The first-order valence-corrected chi connectivity index (χ1v) is 8.23. The summed E-state index contributed by atoms with van der Waals surface area (Å²) in [6.07, 6.45) is 5.07. The first kappa shape index (κ1) is 15.3. The van der Waals surface area contributed by atoms with Crippen molar-refractivity contribution in [2.45, 2.75) is 44.0 Å². The lowest BCUT2D eigenvalue weighted by Gasteiger charge is -2.37. The first-order valence-electron chi connectivity index (χ1n) is 7.10. The summed E-state index contributed by atoms with van der Waals surface area (Å²) in [5, 5.41) is 11.5. The van der Waals surface area contributed by atoms with E-state index in [1.807, 2.05) is 12.1 Å². The lowest BCUT2D eigenvalue weighted by Crippen LogP contribution is -2.39. The fourth-order valence-corrected chi connectivity index (χ4v) is 3.59. The van der Waals surface area contributed by atoms with Crippen LogP contribution in [0.4, 0.5) is 11.4 Å². The maximum absolute atomic E-state index is 11.0. The number of alkyl halides is 1. The Kier molecular flexibility index (Phi) is 5.02. The molecule has 1 saturated carbocycles. The number of nitro benzene ring substituents is 1. The Morgan fingerprint density at radius 3 is 2.70 bits per heavy atom. The number of hydrogen-bond donors (Lipinski definition) is 0. The molecule has 4 nitrogen and oxygen atoms in total. The number of rotatable bonds is 4. The second kappa shape index (κ2) is 6.57. The highest BCUT2D eigenvalue weighted by atomic mass is 79.9. The van der Waals surface area contributed by atoms with Crippen molar-refractivity contribution in [1.29, 1.82) is 0 Å². The van der Waals surface area contributed by atoms with Crippen molar-refractivity contribution in [3.05, 3.63) is 33.9 Å². The van der Waals surface area contributed by atoms with E-state index in [4.69, 9.17) is 0 Å². The minimum Gasteiger partial charge on any atom is -0.371 e. The lowest BCUT2D eigenvalue weighted by atomic mass is 9.85. The molecule has 0 amide bonds. The van der Waals surface area contributed by atoms with E-state index in [1.165, 1.54) is 25.7 Å². The van der Waals surface area contributed by atoms with Gasteiger partial charge >= 0.3 is 0 Å². The molecular formula is C15H21BrN2O2. The van der Waals surface area contributed by atoms with Crippen molar-refractivity contribution in [2.75, 3.05) is 11.9 Å². The van der Waals surface area contributed by atoms with Crippen molar-refractivity contribution in [3.63, 3.8) is 0 Å². The zero-order chi connectivity index (χ0) is 14.7. The molecular weight excluding hydrogens is 320 g/mol. The third kappa shape index (κ3) is 3.14. The van der Waals surface area contributed by atoms with E-state index in [1.54, 1.807) is 6.07 Å². The molecule has 0 radical (unpaired) electrons. The van der Waals surface area contributed by atoms with Gasteiger partial charge in [-0.1, -0.05) is 35.7 Å². The largest absolute Gasteiger partial charge is 0.371 e. The Bertz CT molecular complexity index is 493. The maximum Gasteiger partial charge on any atom is 0.273 e. The normalized spacial score (nSPS) is 22.6. The Morgan fingerprint density at radius 2 is 2.10 bits per heavy atom. The summed E-state index contributed by atoms with van der Waals surface area (Å²) in [6, 6.07) is 5.96. The average Bonchev–Trinajstić information content (AvgIpc) is 2.46. The van der Waals surface area contributed by atoms with Gasteiger partial charge in [0.2, 0.25) is 0 Å². The van der Waals surface area contributed by atoms with Gasteiger partial charge in [0, 0.05) is 35.7 Å². The highest BCUT2D eigenvalue weighted by Crippen LogP contribution is 2.33. The van der Waals surface area contributed by atoms with Gasteiger partial charge in [-0.15, -0.1) is 0 Å². The van der Waals surface area contributed by atoms with E-state index < -0.39 is 0 Å². The molecule has 0 aromatic heterocycles. The fourth-order valence-electron chi connectivity index (χ4n) is 3.14. The molecule has 0 N–H and O–H groups in total. The molecule has 2 unspecified atom stereocenters. The van der Waals surface area contributed by atoms with Gasteiger partial charge in [-0.05, 0) is 30.9 Å². The second-order valence-corrected chi connectivity index (χ2v) is 6.20. The maximum atomic E-state index is 11.0. The third-order valence-electron chi connectivity index (χ3n) is 4.37. The van der Waals surface area contributed by atoms with Gasteiger partial charge < -0.3 is 4.90 Å². The lowest BCUT2D eigenvalue weighted by molar-refractivity contribution is -0.385. The van der Waals surface area contributed by atoms with E-state index in [0.717, 1.165) is 11.3 Å². The summed E-state index contributed by atoms with van der Waals surface area (Å²) >= 11 is 3.34. The van der Waals surface area contributed by atoms with Gasteiger partial charge in [-0.2, -0.15) is 0 Å². The van der Waals surface area contributed by atoms with Crippen LogP contribution in [0.1, 0.15) is 38.2 Å². The molecule has 1 aliphatic rings. The van der Waals surface area contributed by atoms with E-state index in [2.05, 4.69) is 34.8 Å². The molecule has 1 aliphatic carbocycles. The van der Waals surface area contributed by atoms with Crippen molar-refractivity contribution < 1.29 is 4.92 Å². The predicted octanol–water partition coefficient (Wildman–Crippen LogP) is 4.50. The molecule has 110 valence electrons. The fraction of sp³-hybridized carbons (Fsp3) is 0.600. The van der Waals surface area contributed by atoms with E-state index in [-0.39, 0.29) is 10.6 Å². The standard InChI is InChI=1S/C15H21BrN2O2/c1-11-5-3-4-6-14(11)17(2)13-7-8-15(18(19)20)12(9-13)10-16/h7-9,11,14H,3-6,10H2,1-2H3. The van der Waals surface area contributed by atoms with E-state index in [9.17, 15) is 10.1 Å². The second-order valence-electron chi connectivity index (χ2n) is 5.64. The van der Waals surface area contributed by atoms with Gasteiger partial charge in [-0.25, -0.2) is 0 Å². The zero-order valence-corrected chi connectivity index (χ0v) is 13.6. The molecule has 5 heteroatoms. The number of halogens is 1. The summed E-state index contributed by atoms with van der Waals surface area (Å²) in [6.45, 7) is 2.30. The molecule has 0 heterocycles. The Hall–Kier alpha value is -1.10. The molecule has 0 aliphatic heterocycles. The van der Waals surface area contributed by atoms with Crippen LogP contribution in [0.5, 0.6) is 0 Å². The molecule has 2 atom stereocenters. The van der Waals surface area contributed by atoms with Crippen LogP contribution >= 0.6 is 15.9 Å². The van der Waals surface area contributed by atoms with Gasteiger partial charge in [0.1, 0.15) is 0 Å². The first-order chi connectivity index (χ1) is 9.54. The molecule has 2 rings (SSSR count). The van der Waals surface area contributed by atoms with E-state index >= 15 is 0 Å². The average molecular weight is 341 g/mol. The van der Waals surface area contributed by atoms with Crippen molar-refractivity contribution in [2.24, 2.45) is 5.92 Å². The summed E-state index contributed by atoms with van der Waals surface area (Å²) < 4.78 is 0. The van der Waals surface area contributed by atoms with Crippen molar-refractivity contribution >= 4 is 27.3 Å². The molecule has 1 aromatic rings. The number of nitro groups is 1. The summed E-state index contributed by atoms with van der Waals surface area (Å²) in [7, 11) is 2.10. The topological polar surface area (TPSA) is 46.4 Å². The zero-order valence-electron chi connectivity index (χ0n) is 12.0. The monoisotopic (exact) mass is 340 g/mol. The number of hydrogen-bond acceptors (Lipinski definition) is 3. The Labute approximate surface area is 128 Å². The SMILES string of the molecule is CC1CCCCC1N(C)c1ccc([N+](=O)[O-])c(CBr)c1. The molecule has 20 heavy (non-hydrogen) atoms. The van der Waals surface area contributed by atoms with E-state index in [0.29, 0.717) is 17.3 Å². The van der Waals surface area contributed by atoms with Crippen molar-refractivity contribution in [3.8, 4) is 0 Å². The highest BCUT2D eigenvalue weighted by Gasteiger charge is 2.26. The van der Waals surface area contributed by atoms with Crippen LogP contribution in [0.15, 0.2) is 18.2 Å². The number of benzene rings is 1. The molecule has 1 fully saturated rings. The molecule has 0 spiro atoms. The number of nitrogens with zero attached hydrogens (tertiary/aromatic N) is 2. The van der Waals surface area contributed by atoms with Crippen LogP contribution in [-0.4, -0.2) is 18.0 Å². The smallest absolute Gasteiger partial charge is 0.273 e. The van der Waals surface area contributed by atoms with Gasteiger partial charge in [0.25, 0.3) is 5.69 Å². The van der Waals surface area contributed by atoms with Crippen LogP contribution in [0.25, 0.3) is 0 Å². The van der Waals surface area contributed by atoms with Gasteiger partial charge in [0.05, 0.1) is 4.92 Å². The van der Waals surface area contributed by atoms with Gasteiger partial charge in [0.15, 0.2) is 0 Å². The van der Waals surface area contributed by atoms with Gasteiger partial charge in [-0.3, -0.25) is 10.1 Å². The molecule has 0 saturated heterocycles. The molecule has 0 bridgehead atoms. The van der Waals surface area contributed by atoms with Crippen LogP contribution in [0.2, 0.25) is 0 Å². The Balaban J connectivity index is 2.25. The highest BCUT2D eigenvalue weighted by molar-refractivity contribution is 9.08. The van der Waals surface area contributed by atoms with Crippen LogP contribution < -0.4 is 4.90 Å². The summed E-state index contributed by atoms with van der Waals surface area (Å²) in [5.74, 6) is 0.677. The summed E-state index contributed by atoms with van der Waals surface area (Å²) in [5.41, 5.74) is 2.00. The number of anilines is 1. The van der Waals surface area contributed by atoms with Crippen LogP contribution in [-0.2, 0) is 5.33 Å². The minimum atomic E-state index is -0.316. The molecule has 1 aromatic carbocycles. The third-order valence-corrected chi connectivity index (χ3v) is 4.98. The quantitative estimate of drug-likeness (QED) is 0.460. The van der Waals surface area contributed by atoms with Crippen molar-refractivity contribution in [1.82, 2.24) is 0 Å². The Morgan fingerprint density at radius 1 is 1.40 bits per heavy atom. The van der Waals surface area contributed by atoms with Crippen LogP contribution in [0.3, 0.4) is 0 Å². The van der Waals surface area contributed by atoms with Crippen LogP contribution in [0, 0.1) is 16.0 Å². The minimum absolute atomic E-state index is 0.190.